The number of hydrogen-bond donors (Lipinski definition) is 2. The van der Waals surface area contributed by atoms with Crippen LogP contribution in [0.5, 0.6) is 5.75 Å². The monoisotopic (exact) mass is 417 g/mol. The first-order chi connectivity index (χ1) is 15.2. The molecule has 160 valence electrons. The maximum atomic E-state index is 6.95. The van der Waals surface area contributed by atoms with Gasteiger partial charge >= 0.3 is 0 Å². The Labute approximate surface area is 182 Å². The van der Waals surface area contributed by atoms with Gasteiger partial charge in [0.2, 0.25) is 0 Å². The van der Waals surface area contributed by atoms with Gasteiger partial charge < -0.3 is 19.8 Å². The van der Waals surface area contributed by atoms with E-state index in [1.54, 1.807) is 7.11 Å². The number of anilines is 2. The summed E-state index contributed by atoms with van der Waals surface area (Å²) in [6, 6.07) is 8.33. The van der Waals surface area contributed by atoms with Crippen LogP contribution in [0.25, 0.3) is 16.1 Å². The zero-order valence-electron chi connectivity index (χ0n) is 17.9. The Balaban J connectivity index is 1.45. The van der Waals surface area contributed by atoms with Crippen molar-refractivity contribution in [2.24, 2.45) is 5.92 Å². The van der Waals surface area contributed by atoms with Crippen LogP contribution in [0.15, 0.2) is 36.7 Å². The number of aromatic amines is 1. The first-order valence-electron chi connectivity index (χ1n) is 10.6. The number of hydrogen-bond acceptors (Lipinski definition) is 6. The van der Waals surface area contributed by atoms with Gasteiger partial charge in [0.25, 0.3) is 5.82 Å². The van der Waals surface area contributed by atoms with Crippen molar-refractivity contribution in [2.75, 3.05) is 32.1 Å². The van der Waals surface area contributed by atoms with Gasteiger partial charge in [0.05, 0.1) is 19.0 Å². The first kappa shape index (κ1) is 20.8. The average molecular weight is 418 g/mol. The number of benzene rings is 1. The van der Waals surface area contributed by atoms with Crippen LogP contribution < -0.4 is 10.1 Å². The van der Waals surface area contributed by atoms with Gasteiger partial charge in [-0.1, -0.05) is 19.6 Å². The molecule has 2 N–H and O–H groups in total. The number of aromatic nitrogens is 4. The molecule has 1 saturated heterocycles. The fourth-order valence-corrected chi connectivity index (χ4v) is 4.02. The molecule has 0 amide bonds. The Morgan fingerprint density at radius 1 is 1.19 bits per heavy atom. The molecule has 1 aromatic carbocycles. The molecule has 0 aliphatic carbocycles. The molecule has 0 bridgehead atoms. The lowest BCUT2D eigenvalue weighted by molar-refractivity contribution is 0.192. The van der Waals surface area contributed by atoms with Crippen molar-refractivity contribution in [2.45, 2.75) is 26.2 Å². The van der Waals surface area contributed by atoms with Gasteiger partial charge in [-0.3, -0.25) is 5.10 Å². The summed E-state index contributed by atoms with van der Waals surface area (Å²) >= 11 is 0. The van der Waals surface area contributed by atoms with Crippen molar-refractivity contribution >= 4 is 17.5 Å². The number of ether oxygens (including phenoxy) is 1. The van der Waals surface area contributed by atoms with Crippen molar-refractivity contribution in [3.8, 4) is 17.0 Å². The number of methoxy groups -OCH3 is 1. The van der Waals surface area contributed by atoms with Gasteiger partial charge in [-0.15, -0.1) is 4.98 Å². The molecule has 3 heterocycles. The minimum Gasteiger partial charge on any atom is -0.496 e. The van der Waals surface area contributed by atoms with E-state index in [9.17, 15) is 0 Å². The maximum Gasteiger partial charge on any atom is 0.288 e. The van der Waals surface area contributed by atoms with Crippen molar-refractivity contribution in [3.63, 3.8) is 0 Å². The highest BCUT2D eigenvalue weighted by molar-refractivity contribution is 5.71. The molecular weight excluding hydrogens is 390 g/mol. The van der Waals surface area contributed by atoms with Crippen molar-refractivity contribution < 1.29 is 4.74 Å². The van der Waals surface area contributed by atoms with Gasteiger partial charge in [-0.2, -0.15) is 5.10 Å². The van der Waals surface area contributed by atoms with Crippen molar-refractivity contribution in [1.82, 2.24) is 25.1 Å². The van der Waals surface area contributed by atoms with Gasteiger partial charge in [-0.05, 0) is 62.5 Å². The zero-order valence-corrected chi connectivity index (χ0v) is 17.9. The highest BCUT2D eigenvalue weighted by Gasteiger charge is 2.19. The Bertz CT molecular complexity index is 1050. The third-order valence-electron chi connectivity index (χ3n) is 5.82. The first-order valence-corrected chi connectivity index (χ1v) is 10.6. The third kappa shape index (κ3) is 5.01. The Kier molecular flexibility index (Phi) is 6.43. The van der Waals surface area contributed by atoms with Gasteiger partial charge in [0, 0.05) is 11.6 Å². The molecule has 2 aromatic heterocycles. The molecular formula is C23H27N7O. The van der Waals surface area contributed by atoms with Crippen LogP contribution in [-0.4, -0.2) is 51.8 Å². The van der Waals surface area contributed by atoms with Crippen LogP contribution in [0.3, 0.4) is 0 Å². The van der Waals surface area contributed by atoms with E-state index in [-0.39, 0.29) is 5.82 Å². The van der Waals surface area contributed by atoms with E-state index < -0.39 is 0 Å². The lowest BCUT2D eigenvalue weighted by Crippen LogP contribution is -2.34. The van der Waals surface area contributed by atoms with E-state index >= 15 is 0 Å². The van der Waals surface area contributed by atoms with E-state index in [1.807, 2.05) is 6.07 Å². The lowest BCUT2D eigenvalue weighted by Gasteiger charge is -2.31. The average Bonchev–Trinajstić information content (AvgIpc) is 3.28. The molecule has 8 heteroatoms. The SMILES string of the molecule is [C-]#[N+]c1cnc(Nc2cc(-c3ccc(CC4CCN(CC)CC4)cc3OC)[nH]n2)cn1. The molecule has 0 radical (unpaired) electrons. The zero-order chi connectivity index (χ0) is 21.6. The molecule has 1 aliphatic heterocycles. The summed E-state index contributed by atoms with van der Waals surface area (Å²) in [4.78, 5) is 13.9. The Morgan fingerprint density at radius 2 is 2.03 bits per heavy atom. The van der Waals surface area contributed by atoms with Crippen molar-refractivity contribution in [3.05, 3.63) is 53.6 Å². The van der Waals surface area contributed by atoms with Gasteiger partial charge in [0.1, 0.15) is 5.75 Å². The molecule has 31 heavy (non-hydrogen) atoms. The normalized spacial score (nSPS) is 14.9. The summed E-state index contributed by atoms with van der Waals surface area (Å²) in [5, 5.41) is 10.5. The fraction of sp³-hybridized carbons (Fsp3) is 0.391. The summed E-state index contributed by atoms with van der Waals surface area (Å²) in [6.07, 6.45) is 6.54. The second-order valence-electron chi connectivity index (χ2n) is 7.78. The predicted octanol–water partition coefficient (Wildman–Crippen LogP) is 4.44. The van der Waals surface area contributed by atoms with Crippen LogP contribution in [0.2, 0.25) is 0 Å². The Morgan fingerprint density at radius 3 is 2.71 bits per heavy atom. The van der Waals surface area contributed by atoms with E-state index in [4.69, 9.17) is 11.3 Å². The summed E-state index contributed by atoms with van der Waals surface area (Å²) in [5.41, 5.74) is 3.12. The summed E-state index contributed by atoms with van der Waals surface area (Å²) in [5.74, 6) is 2.97. The summed E-state index contributed by atoms with van der Waals surface area (Å²) < 4.78 is 5.69. The van der Waals surface area contributed by atoms with Crippen LogP contribution >= 0.6 is 0 Å². The third-order valence-corrected chi connectivity index (χ3v) is 5.82. The molecule has 1 aliphatic rings. The maximum absolute atomic E-state index is 6.95. The Hall–Kier alpha value is -3.44. The predicted molar refractivity (Wildman–Crippen MR) is 121 cm³/mol. The molecule has 3 aromatic rings. The van der Waals surface area contributed by atoms with Crippen molar-refractivity contribution in [1.29, 1.82) is 0 Å². The number of likely N-dealkylation sites (tertiary alicyclic amines) is 1. The minimum atomic E-state index is 0.258. The molecule has 8 nitrogen and oxygen atoms in total. The van der Waals surface area contributed by atoms with Crippen LogP contribution in [0.4, 0.5) is 17.5 Å². The second-order valence-corrected chi connectivity index (χ2v) is 7.78. The highest BCUT2D eigenvalue weighted by atomic mass is 16.5. The number of piperidine rings is 1. The number of rotatable bonds is 7. The van der Waals surface area contributed by atoms with E-state index in [1.165, 1.54) is 43.9 Å². The number of nitrogens with zero attached hydrogens (tertiary/aromatic N) is 5. The molecule has 0 atom stereocenters. The second kappa shape index (κ2) is 9.58. The number of H-pyrrole nitrogens is 1. The standard InChI is InChI=1S/C23H27N7O/c1-4-30-9-7-16(8-10-30)11-17-5-6-18(20(12-17)31-3)19-13-21(29-28-19)27-23-15-25-22(24-2)14-26-23/h5-6,12-16H,4,7-11H2,1,3H3,(H2,26,27,28,29). The molecule has 4 rings (SSSR count). The largest absolute Gasteiger partial charge is 0.496 e. The van der Waals surface area contributed by atoms with E-state index in [0.717, 1.165) is 35.9 Å². The van der Waals surface area contributed by atoms with Crippen LogP contribution in [0, 0.1) is 12.5 Å². The smallest absolute Gasteiger partial charge is 0.288 e. The molecule has 0 spiro atoms. The lowest BCUT2D eigenvalue weighted by atomic mass is 9.89. The molecule has 1 fully saturated rings. The fourth-order valence-electron chi connectivity index (χ4n) is 4.02. The quantitative estimate of drug-likeness (QED) is 0.553. The van der Waals surface area contributed by atoms with E-state index in [2.05, 4.69) is 60.3 Å². The van der Waals surface area contributed by atoms with Gasteiger partial charge in [0.15, 0.2) is 17.8 Å². The van der Waals surface area contributed by atoms with E-state index in [0.29, 0.717) is 11.6 Å². The molecule has 0 saturated carbocycles. The van der Waals surface area contributed by atoms with Gasteiger partial charge in [-0.25, -0.2) is 4.98 Å². The van der Waals surface area contributed by atoms with Crippen LogP contribution in [0.1, 0.15) is 25.3 Å². The van der Waals surface area contributed by atoms with Crippen LogP contribution in [-0.2, 0) is 6.42 Å². The number of nitrogens with one attached hydrogen (secondary N) is 2. The minimum absolute atomic E-state index is 0.258. The summed E-state index contributed by atoms with van der Waals surface area (Å²) in [6.45, 7) is 12.7. The molecule has 0 unspecified atom stereocenters. The highest BCUT2D eigenvalue weighted by Crippen LogP contribution is 2.32. The summed E-state index contributed by atoms with van der Waals surface area (Å²) in [7, 11) is 1.70. The topological polar surface area (TPSA) is 83.3 Å².